The highest BCUT2D eigenvalue weighted by Crippen LogP contribution is 2.21. The molecule has 7 heteroatoms. The van der Waals surface area contributed by atoms with E-state index in [1.807, 2.05) is 12.1 Å². The van der Waals surface area contributed by atoms with E-state index in [1.165, 1.54) is 23.8 Å². The number of para-hydroxylation sites is 1. The number of rotatable bonds is 8. The molecule has 0 aromatic heterocycles. The van der Waals surface area contributed by atoms with E-state index in [-0.39, 0.29) is 5.69 Å². The number of carbonyl (C=O) groups excluding carboxylic acids is 1. The zero-order valence-electron chi connectivity index (χ0n) is 14.9. The van der Waals surface area contributed by atoms with Gasteiger partial charge in [0.1, 0.15) is 12.4 Å². The second-order valence-corrected chi connectivity index (χ2v) is 7.98. The highest BCUT2D eigenvalue weighted by molar-refractivity contribution is 7.92. The Bertz CT molecular complexity index is 851. The summed E-state index contributed by atoms with van der Waals surface area (Å²) in [5.74, 6) is -1.24. The molecule has 0 fully saturated rings. The van der Waals surface area contributed by atoms with Crippen LogP contribution in [0.1, 0.15) is 25.3 Å². The number of unbranched alkanes of at least 4 members (excludes halogenated alkanes) is 1. The van der Waals surface area contributed by atoms with E-state index in [4.69, 9.17) is 0 Å². The van der Waals surface area contributed by atoms with E-state index in [9.17, 15) is 17.6 Å². The minimum atomic E-state index is -3.81. The Kier molecular flexibility index (Phi) is 6.74. The number of amides is 1. The van der Waals surface area contributed by atoms with E-state index < -0.39 is 28.3 Å². The highest BCUT2D eigenvalue weighted by Gasteiger charge is 2.23. The van der Waals surface area contributed by atoms with Gasteiger partial charge in [0.2, 0.25) is 15.9 Å². The monoisotopic (exact) mass is 378 g/mol. The molecule has 2 rings (SSSR count). The van der Waals surface area contributed by atoms with Crippen LogP contribution in [0.4, 0.5) is 15.8 Å². The first-order valence-corrected chi connectivity index (χ1v) is 10.3. The number of halogens is 1. The van der Waals surface area contributed by atoms with E-state index in [0.29, 0.717) is 5.69 Å². The van der Waals surface area contributed by atoms with Crippen LogP contribution >= 0.6 is 0 Å². The molecule has 2 aromatic rings. The van der Waals surface area contributed by atoms with Crippen LogP contribution in [-0.2, 0) is 21.2 Å². The van der Waals surface area contributed by atoms with Gasteiger partial charge < -0.3 is 5.32 Å². The van der Waals surface area contributed by atoms with E-state index in [1.54, 1.807) is 12.1 Å². The Morgan fingerprint density at radius 3 is 2.35 bits per heavy atom. The zero-order valence-corrected chi connectivity index (χ0v) is 15.7. The van der Waals surface area contributed by atoms with Crippen LogP contribution in [0.5, 0.6) is 0 Å². The summed E-state index contributed by atoms with van der Waals surface area (Å²) in [5, 5.41) is 2.65. The van der Waals surface area contributed by atoms with Crippen molar-refractivity contribution in [3.05, 3.63) is 59.9 Å². The molecule has 0 aliphatic heterocycles. The minimum Gasteiger partial charge on any atom is -0.325 e. The van der Waals surface area contributed by atoms with E-state index in [0.717, 1.165) is 35.9 Å². The van der Waals surface area contributed by atoms with Crippen LogP contribution in [0.3, 0.4) is 0 Å². The Morgan fingerprint density at radius 2 is 1.77 bits per heavy atom. The van der Waals surface area contributed by atoms with Crippen LogP contribution in [0.25, 0.3) is 0 Å². The van der Waals surface area contributed by atoms with Crippen LogP contribution in [0.15, 0.2) is 48.5 Å². The molecule has 0 radical (unpaired) electrons. The average molecular weight is 378 g/mol. The van der Waals surface area contributed by atoms with Crippen LogP contribution in [-0.4, -0.2) is 27.1 Å². The van der Waals surface area contributed by atoms with Gasteiger partial charge in [-0.25, -0.2) is 12.8 Å². The summed E-state index contributed by atoms with van der Waals surface area (Å²) in [4.78, 5) is 12.3. The molecule has 2 aromatic carbocycles. The molecule has 0 bridgehead atoms. The summed E-state index contributed by atoms with van der Waals surface area (Å²) in [5.41, 5.74) is 1.59. The lowest BCUT2D eigenvalue weighted by atomic mass is 10.1. The standard InChI is InChI=1S/C19H23FN2O3S/c1-3-4-7-15-10-12-16(13-11-15)21-19(23)14-22(26(2,24)25)18-9-6-5-8-17(18)20/h5-6,8-13H,3-4,7,14H2,1-2H3,(H,21,23). The maximum absolute atomic E-state index is 14.0. The van der Waals surface area contributed by atoms with Crippen LogP contribution in [0.2, 0.25) is 0 Å². The van der Waals surface area contributed by atoms with Crippen LogP contribution < -0.4 is 9.62 Å². The molecule has 140 valence electrons. The number of carbonyl (C=O) groups is 1. The number of nitrogens with one attached hydrogen (secondary N) is 1. The molecule has 5 nitrogen and oxygen atoms in total. The molecular formula is C19H23FN2O3S. The van der Waals surface area contributed by atoms with Crippen molar-refractivity contribution < 1.29 is 17.6 Å². The van der Waals surface area contributed by atoms with Crippen molar-refractivity contribution >= 4 is 27.3 Å². The third-order valence-corrected chi connectivity index (χ3v) is 4.99. The lowest BCUT2D eigenvalue weighted by Crippen LogP contribution is -2.38. The highest BCUT2D eigenvalue weighted by atomic mass is 32.2. The van der Waals surface area contributed by atoms with Gasteiger partial charge in [0.15, 0.2) is 0 Å². The number of benzene rings is 2. The minimum absolute atomic E-state index is 0.153. The first-order chi connectivity index (χ1) is 12.3. The molecule has 0 aliphatic carbocycles. The molecule has 0 unspecified atom stereocenters. The SMILES string of the molecule is CCCCc1ccc(NC(=O)CN(c2ccccc2F)S(C)(=O)=O)cc1. The van der Waals surface area contributed by atoms with E-state index >= 15 is 0 Å². The number of hydrogen-bond donors (Lipinski definition) is 1. The molecule has 0 heterocycles. The Balaban J connectivity index is 2.09. The summed E-state index contributed by atoms with van der Waals surface area (Å²) in [6.07, 6.45) is 4.11. The van der Waals surface area contributed by atoms with Crippen molar-refractivity contribution in [2.45, 2.75) is 26.2 Å². The lowest BCUT2D eigenvalue weighted by molar-refractivity contribution is -0.114. The quantitative estimate of drug-likeness (QED) is 0.764. The number of hydrogen-bond acceptors (Lipinski definition) is 3. The van der Waals surface area contributed by atoms with Crippen molar-refractivity contribution in [2.75, 3.05) is 22.4 Å². The number of nitrogens with zero attached hydrogens (tertiary/aromatic N) is 1. The predicted molar refractivity (Wildman–Crippen MR) is 102 cm³/mol. The first kappa shape index (κ1) is 19.9. The first-order valence-electron chi connectivity index (χ1n) is 8.42. The van der Waals surface area contributed by atoms with Crippen molar-refractivity contribution in [3.63, 3.8) is 0 Å². The Labute approximate surface area is 153 Å². The van der Waals surface area contributed by atoms with Crippen molar-refractivity contribution in [3.8, 4) is 0 Å². The summed E-state index contributed by atoms with van der Waals surface area (Å²) in [7, 11) is -3.81. The molecule has 1 amide bonds. The molecular weight excluding hydrogens is 355 g/mol. The van der Waals surface area contributed by atoms with Gasteiger partial charge in [-0.3, -0.25) is 9.10 Å². The van der Waals surface area contributed by atoms with Gasteiger partial charge in [-0.05, 0) is 42.7 Å². The van der Waals surface area contributed by atoms with Gasteiger partial charge in [-0.15, -0.1) is 0 Å². The maximum atomic E-state index is 14.0. The molecule has 26 heavy (non-hydrogen) atoms. The van der Waals surface area contributed by atoms with E-state index in [2.05, 4.69) is 12.2 Å². The van der Waals surface area contributed by atoms with Gasteiger partial charge in [0.25, 0.3) is 0 Å². The third kappa shape index (κ3) is 5.56. The number of anilines is 2. The van der Waals surface area contributed by atoms with Gasteiger partial charge in [0, 0.05) is 5.69 Å². The predicted octanol–water partition coefficient (Wildman–Crippen LogP) is 3.57. The fourth-order valence-corrected chi connectivity index (χ4v) is 3.36. The summed E-state index contributed by atoms with van der Waals surface area (Å²) >= 11 is 0. The second kappa shape index (κ2) is 8.80. The fourth-order valence-electron chi connectivity index (χ4n) is 2.50. The zero-order chi connectivity index (χ0) is 19.2. The fraction of sp³-hybridized carbons (Fsp3) is 0.316. The molecule has 0 aliphatic rings. The Morgan fingerprint density at radius 1 is 1.12 bits per heavy atom. The van der Waals surface area contributed by atoms with Gasteiger partial charge in [-0.2, -0.15) is 0 Å². The van der Waals surface area contributed by atoms with Crippen molar-refractivity contribution in [1.82, 2.24) is 0 Å². The maximum Gasteiger partial charge on any atom is 0.245 e. The second-order valence-electron chi connectivity index (χ2n) is 6.07. The molecule has 0 atom stereocenters. The number of aryl methyl sites for hydroxylation is 1. The summed E-state index contributed by atoms with van der Waals surface area (Å²) in [6, 6.07) is 12.9. The van der Waals surface area contributed by atoms with Gasteiger partial charge >= 0.3 is 0 Å². The lowest BCUT2D eigenvalue weighted by Gasteiger charge is -2.22. The molecule has 0 spiro atoms. The summed E-state index contributed by atoms with van der Waals surface area (Å²) < 4.78 is 38.7. The van der Waals surface area contributed by atoms with Crippen molar-refractivity contribution in [2.24, 2.45) is 0 Å². The largest absolute Gasteiger partial charge is 0.325 e. The third-order valence-electron chi connectivity index (χ3n) is 3.87. The molecule has 0 saturated heterocycles. The van der Waals surface area contributed by atoms with Crippen molar-refractivity contribution in [1.29, 1.82) is 0 Å². The Hall–Kier alpha value is -2.41. The van der Waals surface area contributed by atoms with Gasteiger partial charge in [-0.1, -0.05) is 37.6 Å². The molecule has 0 saturated carbocycles. The van der Waals surface area contributed by atoms with Gasteiger partial charge in [0.05, 0.1) is 11.9 Å². The normalized spacial score (nSPS) is 11.2. The smallest absolute Gasteiger partial charge is 0.245 e. The van der Waals surface area contributed by atoms with Crippen LogP contribution in [0, 0.1) is 5.82 Å². The topological polar surface area (TPSA) is 66.5 Å². The number of sulfonamides is 1. The summed E-state index contributed by atoms with van der Waals surface area (Å²) in [6.45, 7) is 1.62. The molecule has 1 N–H and O–H groups in total. The average Bonchev–Trinajstić information content (AvgIpc) is 2.59.